The van der Waals surface area contributed by atoms with Gasteiger partial charge in [0, 0.05) is 65.0 Å². The van der Waals surface area contributed by atoms with Crippen molar-refractivity contribution in [1.29, 1.82) is 0 Å². The summed E-state index contributed by atoms with van der Waals surface area (Å²) in [6.45, 7) is 26.8. The summed E-state index contributed by atoms with van der Waals surface area (Å²) in [6, 6.07) is 0. The maximum absolute atomic E-state index is 7.94. The van der Waals surface area contributed by atoms with Crippen molar-refractivity contribution in [3.8, 4) is 0 Å². The minimum Gasteiger partial charge on any atom is -0.368 e. The molecule has 5 radical (unpaired) electrons. The van der Waals surface area contributed by atoms with Crippen LogP contribution < -0.4 is 0 Å². The predicted octanol–water partition coefficient (Wildman–Crippen LogP) is 3.63. The smallest absolute Gasteiger partial charge is 0.174 e. The zero-order valence-corrected chi connectivity index (χ0v) is 38.5. The summed E-state index contributed by atoms with van der Waals surface area (Å²) in [7, 11) is 2.65. The first-order chi connectivity index (χ1) is 16.0. The average molecular weight is 831 g/mol. The molecule has 4 N–H and O–H groups in total. The number of aliphatic hydroxyl groups is 4. The number of ether oxygens (including phenoxy) is 2. The molecular weight excluding hydrogens is 768 g/mol. The van der Waals surface area contributed by atoms with Crippen LogP contribution in [0.1, 0.15) is 6.92 Å². The third-order valence-corrected chi connectivity index (χ3v) is 25.0. The number of aliphatic hydroxyl groups excluding tert-OH is 4. The Bertz CT molecular complexity index is 364. The average Bonchev–Trinajstić information content (AvgIpc) is 2.76. The van der Waals surface area contributed by atoms with Gasteiger partial charge in [-0.3, -0.25) is 0 Å². The zero-order valence-electron chi connectivity index (χ0n) is 27.0. The van der Waals surface area contributed by atoms with Gasteiger partial charge in [0.2, 0.25) is 0 Å². The normalized spacial score (nSPS) is 9.05. The Balaban J connectivity index is -0.0000000373. The van der Waals surface area contributed by atoms with Crippen molar-refractivity contribution in [2.75, 3.05) is 66.9 Å². The predicted molar refractivity (Wildman–Crippen MR) is 170 cm³/mol. The molecular formula is C21H62CuN2O6SSi4SnZn. The monoisotopic (exact) mass is 829 g/mol. The summed E-state index contributed by atoms with van der Waals surface area (Å²) >= 11 is 3.48. The molecule has 0 aliphatic heterocycles. The van der Waals surface area contributed by atoms with Gasteiger partial charge in [-0.05, 0) is 25.1 Å². The van der Waals surface area contributed by atoms with E-state index in [9.17, 15) is 0 Å². The van der Waals surface area contributed by atoms with Crippen LogP contribution >= 0.6 is 11.8 Å². The fourth-order valence-corrected chi connectivity index (χ4v) is 13.3. The van der Waals surface area contributed by atoms with Gasteiger partial charge in [0.1, 0.15) is 8.59 Å². The quantitative estimate of drug-likeness (QED) is 0.275. The first-order valence-electron chi connectivity index (χ1n) is 11.4. The van der Waals surface area contributed by atoms with E-state index >= 15 is 0 Å². The standard InChI is InChI=1S/C6H18NSi2.C4H12NSi2.2C3H8O2.C3H8S.2CH4O.Cu.Sn.Zn/c1-8(2,3)7-9(4,5)6;1-6(2)5-7(3)4;2*1-5-3-2-4;1-3-4-2;2*1-2;;;/h1-6H3;1-4H3;2*4H,2-3H2,1H3;3H2,1-2H3;2*2H,1H3;;;/q-1;;;;;;;;+1;. The van der Waals surface area contributed by atoms with E-state index in [0.717, 1.165) is 14.2 Å². The Labute approximate surface area is 278 Å². The molecule has 0 heterocycles. The van der Waals surface area contributed by atoms with E-state index in [4.69, 9.17) is 20.4 Å². The van der Waals surface area contributed by atoms with E-state index in [1.807, 2.05) is 11.8 Å². The summed E-state index contributed by atoms with van der Waals surface area (Å²) in [5.74, 6) is 1.24. The molecule has 8 nitrogen and oxygen atoms in total. The van der Waals surface area contributed by atoms with Crippen LogP contribution in [-0.2, 0) is 46.0 Å². The number of thioether (sulfide) groups is 1. The van der Waals surface area contributed by atoms with Gasteiger partial charge in [-0.2, -0.15) is 11.8 Å². The van der Waals surface area contributed by atoms with E-state index in [1.54, 1.807) is 37.0 Å². The fourth-order valence-electron chi connectivity index (χ4n) is 1.64. The van der Waals surface area contributed by atoms with E-state index in [2.05, 4.69) is 94.9 Å². The van der Waals surface area contributed by atoms with Gasteiger partial charge >= 0.3 is 81.0 Å². The van der Waals surface area contributed by atoms with Gasteiger partial charge in [-0.25, -0.2) is 0 Å². The molecule has 0 spiro atoms. The molecule has 0 amide bonds. The molecule has 0 aromatic heterocycles. The van der Waals surface area contributed by atoms with Gasteiger partial charge < -0.3 is 34.2 Å². The molecule has 0 fully saturated rings. The van der Waals surface area contributed by atoms with E-state index < -0.39 is 16.5 Å². The summed E-state index contributed by atoms with van der Waals surface area (Å²) in [4.78, 5) is 0. The van der Waals surface area contributed by atoms with Gasteiger partial charge in [-0.15, -0.1) is 0 Å². The number of nitrogens with zero attached hydrogens (tertiary/aromatic N) is 2. The molecule has 0 aliphatic rings. The largest absolute Gasteiger partial charge is 0.368 e. The topological polar surface area (TPSA) is 115 Å². The second-order valence-corrected chi connectivity index (χ2v) is 28.4. The number of hydrogen-bond donors (Lipinski definition) is 4. The van der Waals surface area contributed by atoms with Crippen LogP contribution in [0.2, 0.25) is 65.5 Å². The molecule has 0 aliphatic carbocycles. The van der Waals surface area contributed by atoms with Crippen LogP contribution in [-0.4, -0.2) is 147 Å². The number of rotatable bonds is 8. The van der Waals surface area contributed by atoms with Crippen molar-refractivity contribution in [2.45, 2.75) is 72.4 Å². The van der Waals surface area contributed by atoms with Crippen molar-refractivity contribution in [2.24, 2.45) is 4.30 Å². The fraction of sp³-hybridized carbons (Fsp3) is 1.00. The Kier molecular flexibility index (Phi) is 87.7. The first kappa shape index (κ1) is 63.1. The van der Waals surface area contributed by atoms with Gasteiger partial charge in [-0.1, -0.05) is 20.0 Å². The van der Waals surface area contributed by atoms with Crippen molar-refractivity contribution < 1.29 is 66.4 Å². The van der Waals surface area contributed by atoms with Gasteiger partial charge in [0.25, 0.3) is 0 Å². The van der Waals surface area contributed by atoms with E-state index in [0.29, 0.717) is 13.2 Å². The van der Waals surface area contributed by atoms with Crippen LogP contribution in [0.25, 0.3) is 0 Å². The minimum absolute atomic E-state index is 0. The maximum atomic E-state index is 7.94. The second-order valence-electron chi connectivity index (χ2n) is 8.69. The SMILES string of the molecule is CCSC.CO.CO.COCCO.COCCO.C[Si](C)(C)[N]([Sn])[Si](C)(C)C.C[Si](C)N=[Si](C)C.[Cu].[Zn]. The van der Waals surface area contributed by atoms with Crippen LogP contribution in [0.5, 0.6) is 0 Å². The van der Waals surface area contributed by atoms with Crippen LogP contribution in [0.4, 0.5) is 0 Å². The molecule has 0 bridgehead atoms. The Morgan fingerprint density at radius 3 is 1.05 bits per heavy atom. The van der Waals surface area contributed by atoms with Crippen LogP contribution in [0.3, 0.4) is 0 Å². The Morgan fingerprint density at radius 1 is 0.811 bits per heavy atom. The van der Waals surface area contributed by atoms with Crippen molar-refractivity contribution in [3.05, 3.63) is 0 Å². The molecule has 16 heteroatoms. The molecule has 0 aromatic carbocycles. The molecule has 0 unspecified atom stereocenters. The van der Waals surface area contributed by atoms with E-state index in [1.165, 1.54) is 5.75 Å². The van der Waals surface area contributed by atoms with Crippen LogP contribution in [0.15, 0.2) is 4.30 Å². The molecule has 0 rings (SSSR count). The third kappa shape index (κ3) is 92.8. The third-order valence-electron chi connectivity index (χ3n) is 2.67. The molecule has 0 saturated heterocycles. The zero-order chi connectivity index (χ0) is 30.1. The van der Waals surface area contributed by atoms with Gasteiger partial charge in [0.15, 0.2) is 8.96 Å². The molecule has 0 saturated carbocycles. The van der Waals surface area contributed by atoms with Crippen molar-refractivity contribution in [1.82, 2.24) is 2.45 Å². The van der Waals surface area contributed by atoms with Crippen LogP contribution in [0, 0.1) is 0 Å². The summed E-state index contributed by atoms with van der Waals surface area (Å²) < 4.78 is 16.1. The molecule has 231 valence electrons. The summed E-state index contributed by atoms with van der Waals surface area (Å²) in [6.07, 6.45) is 2.10. The maximum Gasteiger partial charge on any atom is 0.174 e. The number of hydrogen-bond acceptors (Lipinski definition) is 9. The molecule has 0 atom stereocenters. The Morgan fingerprint density at radius 2 is 1.05 bits per heavy atom. The molecule has 0 aromatic rings. The summed E-state index contributed by atoms with van der Waals surface area (Å²) in [5, 5.41) is 29.9. The Hall–Kier alpha value is 2.68. The second kappa shape index (κ2) is 51.4. The minimum atomic E-state index is -0.961. The summed E-state index contributed by atoms with van der Waals surface area (Å²) in [5.41, 5.74) is 0. The van der Waals surface area contributed by atoms with Crippen molar-refractivity contribution in [3.63, 3.8) is 0 Å². The molecule has 37 heavy (non-hydrogen) atoms. The first-order valence-corrected chi connectivity index (χ1v) is 25.9. The van der Waals surface area contributed by atoms with Gasteiger partial charge in [0.05, 0.1) is 26.4 Å². The van der Waals surface area contributed by atoms with E-state index in [-0.39, 0.29) is 67.3 Å². The van der Waals surface area contributed by atoms with Crippen molar-refractivity contribution >= 4 is 68.6 Å². The number of methoxy groups -OCH3 is 2.